The first-order valence-electron chi connectivity index (χ1n) is 10.0. The molecule has 27 heavy (non-hydrogen) atoms. The van der Waals surface area contributed by atoms with Crippen LogP contribution in [0.25, 0.3) is 0 Å². The maximum absolute atomic E-state index is 13.3. The Hall–Kier alpha value is -1.24. The average molecular weight is 388 g/mol. The summed E-state index contributed by atoms with van der Waals surface area (Å²) in [6, 6.07) is -0.742. The Bertz CT molecular complexity index is 519. The second-order valence-electron chi connectivity index (χ2n) is 9.01. The van der Waals surface area contributed by atoms with Crippen LogP contribution >= 0.6 is 0 Å². The molecule has 2 rings (SSSR count). The zero-order valence-electron chi connectivity index (χ0n) is 17.0. The smallest absolute Gasteiger partial charge is 0.248 e. The van der Waals surface area contributed by atoms with Crippen molar-refractivity contribution in [3.8, 4) is 0 Å². The van der Waals surface area contributed by atoms with E-state index in [0.717, 1.165) is 12.8 Å². The van der Waals surface area contributed by atoms with Crippen LogP contribution in [0.1, 0.15) is 66.2 Å². The lowest BCUT2D eigenvalue weighted by atomic mass is 9.82. The van der Waals surface area contributed by atoms with E-state index in [0.29, 0.717) is 32.5 Å². The first-order valence-corrected chi connectivity index (χ1v) is 10.0. The molecule has 2 unspecified atom stereocenters. The van der Waals surface area contributed by atoms with Crippen molar-refractivity contribution in [3.05, 3.63) is 0 Å². The predicted molar refractivity (Wildman–Crippen MR) is 99.5 cm³/mol. The first kappa shape index (κ1) is 22.1. The fraction of sp³-hybridized carbons (Fsp3) is 0.900. The highest BCUT2D eigenvalue weighted by atomic mass is 19.3. The summed E-state index contributed by atoms with van der Waals surface area (Å²) in [5, 5.41) is 2.72. The van der Waals surface area contributed by atoms with Gasteiger partial charge in [-0.05, 0) is 43.9 Å². The van der Waals surface area contributed by atoms with Gasteiger partial charge in [0, 0.05) is 39.5 Å². The van der Waals surface area contributed by atoms with Gasteiger partial charge in [0.1, 0.15) is 6.04 Å². The average Bonchev–Trinajstić information content (AvgIpc) is 2.57. The van der Waals surface area contributed by atoms with Crippen LogP contribution in [0.15, 0.2) is 0 Å². The van der Waals surface area contributed by atoms with Gasteiger partial charge in [-0.3, -0.25) is 9.59 Å². The van der Waals surface area contributed by atoms with Crippen LogP contribution in [0.4, 0.5) is 8.78 Å². The van der Waals surface area contributed by atoms with Crippen LogP contribution in [-0.2, 0) is 14.3 Å². The number of piperidine rings is 1. The van der Waals surface area contributed by atoms with E-state index in [1.54, 1.807) is 11.8 Å². The molecule has 0 bridgehead atoms. The highest BCUT2D eigenvalue weighted by Gasteiger charge is 2.37. The molecule has 0 aromatic carbocycles. The van der Waals surface area contributed by atoms with Crippen molar-refractivity contribution < 1.29 is 23.1 Å². The van der Waals surface area contributed by atoms with Crippen molar-refractivity contribution in [2.75, 3.05) is 19.7 Å². The molecule has 1 heterocycles. The van der Waals surface area contributed by atoms with Crippen molar-refractivity contribution in [3.63, 3.8) is 0 Å². The number of carbonyl (C=O) groups is 2. The van der Waals surface area contributed by atoms with E-state index in [2.05, 4.69) is 19.2 Å². The minimum Gasteiger partial charge on any atom is -0.376 e. The van der Waals surface area contributed by atoms with E-state index in [1.807, 2.05) is 0 Å². The summed E-state index contributed by atoms with van der Waals surface area (Å²) < 4.78 is 32.4. The van der Waals surface area contributed by atoms with Gasteiger partial charge in [0.05, 0.1) is 6.10 Å². The van der Waals surface area contributed by atoms with Gasteiger partial charge in [-0.25, -0.2) is 8.78 Å². The third-order valence-electron chi connectivity index (χ3n) is 5.95. The van der Waals surface area contributed by atoms with Gasteiger partial charge >= 0.3 is 0 Å². The lowest BCUT2D eigenvalue weighted by molar-refractivity contribution is -0.142. The zero-order valence-corrected chi connectivity index (χ0v) is 17.0. The molecule has 1 N–H and O–H groups in total. The van der Waals surface area contributed by atoms with Gasteiger partial charge in [-0.15, -0.1) is 0 Å². The molecule has 2 fully saturated rings. The summed E-state index contributed by atoms with van der Waals surface area (Å²) in [6.07, 6.45) is 2.01. The van der Waals surface area contributed by atoms with Crippen LogP contribution in [0, 0.1) is 11.3 Å². The fourth-order valence-corrected chi connectivity index (χ4v) is 3.78. The van der Waals surface area contributed by atoms with Crippen molar-refractivity contribution in [2.24, 2.45) is 11.3 Å². The number of halogens is 2. The summed E-state index contributed by atoms with van der Waals surface area (Å²) in [5.74, 6) is -2.88. The maximum Gasteiger partial charge on any atom is 0.248 e. The van der Waals surface area contributed by atoms with Crippen molar-refractivity contribution >= 4 is 11.8 Å². The van der Waals surface area contributed by atoms with Crippen LogP contribution in [0.2, 0.25) is 0 Å². The normalized spacial score (nSPS) is 24.9. The predicted octanol–water partition coefficient (Wildman–Crippen LogP) is 3.37. The minimum atomic E-state index is -2.56. The second-order valence-corrected chi connectivity index (χ2v) is 9.01. The lowest BCUT2D eigenvalue weighted by Gasteiger charge is -2.39. The summed E-state index contributed by atoms with van der Waals surface area (Å²) in [6.45, 7) is 9.23. The molecule has 1 aliphatic carbocycles. The number of carbonyl (C=O) groups excluding carboxylic acids is 2. The van der Waals surface area contributed by atoms with E-state index in [-0.39, 0.29) is 36.0 Å². The maximum atomic E-state index is 13.3. The monoisotopic (exact) mass is 388 g/mol. The number of likely N-dealkylation sites (tertiary alicyclic amines) is 1. The number of alkyl halides is 2. The molecule has 7 heteroatoms. The van der Waals surface area contributed by atoms with Gasteiger partial charge in [0.2, 0.25) is 17.7 Å². The first-order chi connectivity index (χ1) is 12.5. The molecular formula is C20H34F2N2O3. The summed E-state index contributed by atoms with van der Waals surface area (Å²) in [4.78, 5) is 26.4. The zero-order chi connectivity index (χ0) is 20.2. The van der Waals surface area contributed by atoms with Crippen molar-refractivity contribution in [2.45, 2.75) is 84.3 Å². The van der Waals surface area contributed by atoms with Crippen molar-refractivity contribution in [1.82, 2.24) is 10.2 Å². The van der Waals surface area contributed by atoms with Gasteiger partial charge in [0.15, 0.2) is 0 Å². The molecule has 0 spiro atoms. The van der Waals surface area contributed by atoms with Crippen LogP contribution in [0.3, 0.4) is 0 Å². The van der Waals surface area contributed by atoms with Gasteiger partial charge in [-0.2, -0.15) is 0 Å². The Morgan fingerprint density at radius 2 is 1.70 bits per heavy atom. The number of hydrogen-bond acceptors (Lipinski definition) is 3. The highest BCUT2D eigenvalue weighted by molar-refractivity contribution is 5.87. The number of amides is 2. The Morgan fingerprint density at radius 1 is 1.15 bits per heavy atom. The molecule has 5 nitrogen and oxygen atoms in total. The van der Waals surface area contributed by atoms with Crippen LogP contribution < -0.4 is 5.32 Å². The van der Waals surface area contributed by atoms with Gasteiger partial charge in [-0.1, -0.05) is 13.8 Å². The number of hydrogen-bond donors (Lipinski definition) is 1. The number of nitrogens with zero attached hydrogens (tertiary/aromatic N) is 1. The third-order valence-corrected chi connectivity index (χ3v) is 5.95. The molecule has 0 aromatic heterocycles. The SMILES string of the molecule is CC(=O)NC(C(=O)N1CCC(C)(C)CC1)C(C)OCC1CCC(F)(F)CC1. The molecule has 0 aromatic rings. The lowest BCUT2D eigenvalue weighted by Crippen LogP contribution is -2.56. The van der Waals surface area contributed by atoms with Crippen LogP contribution in [-0.4, -0.2) is 54.5 Å². The molecular weight excluding hydrogens is 354 g/mol. The minimum absolute atomic E-state index is 0.0796. The number of rotatable bonds is 6. The van der Waals surface area contributed by atoms with E-state index >= 15 is 0 Å². The Balaban J connectivity index is 1.90. The number of ether oxygens (including phenoxy) is 1. The van der Waals surface area contributed by atoms with E-state index in [1.165, 1.54) is 6.92 Å². The number of nitrogens with one attached hydrogen (secondary N) is 1. The summed E-state index contributed by atoms with van der Waals surface area (Å²) in [7, 11) is 0. The third kappa shape index (κ3) is 6.70. The van der Waals surface area contributed by atoms with E-state index in [9.17, 15) is 18.4 Å². The molecule has 2 atom stereocenters. The van der Waals surface area contributed by atoms with Gasteiger partial charge in [0.25, 0.3) is 0 Å². The molecule has 156 valence electrons. The summed E-state index contributed by atoms with van der Waals surface area (Å²) >= 11 is 0. The van der Waals surface area contributed by atoms with Crippen molar-refractivity contribution in [1.29, 1.82) is 0 Å². The molecule has 1 aliphatic heterocycles. The molecule has 2 aliphatic rings. The largest absolute Gasteiger partial charge is 0.376 e. The molecule has 2 amide bonds. The molecule has 0 radical (unpaired) electrons. The Morgan fingerprint density at radius 3 is 2.22 bits per heavy atom. The fourth-order valence-electron chi connectivity index (χ4n) is 3.78. The van der Waals surface area contributed by atoms with Gasteiger partial charge < -0.3 is 15.0 Å². The Labute approximate surface area is 161 Å². The highest BCUT2D eigenvalue weighted by Crippen LogP contribution is 2.36. The molecule has 1 saturated heterocycles. The Kier molecular flexibility index (Phi) is 7.22. The topological polar surface area (TPSA) is 58.6 Å². The standard InChI is InChI=1S/C20H34F2N2O3/c1-14(27-13-16-5-7-20(21,22)8-6-16)17(23-15(2)25)18(26)24-11-9-19(3,4)10-12-24/h14,16-17H,5-13H2,1-4H3,(H,23,25). The second kappa shape index (κ2) is 8.84. The quantitative estimate of drug-likeness (QED) is 0.759. The van der Waals surface area contributed by atoms with E-state index < -0.39 is 18.1 Å². The summed E-state index contributed by atoms with van der Waals surface area (Å²) in [5.41, 5.74) is 0.228. The molecule has 1 saturated carbocycles. The van der Waals surface area contributed by atoms with Crippen LogP contribution in [0.5, 0.6) is 0 Å². The van der Waals surface area contributed by atoms with E-state index in [4.69, 9.17) is 4.74 Å².